The first kappa shape index (κ1) is 11.5. The molecule has 1 rings (SSSR count). The molecule has 0 heterocycles. The lowest BCUT2D eigenvalue weighted by Gasteiger charge is -2.12. The van der Waals surface area contributed by atoms with Crippen molar-refractivity contribution in [2.24, 2.45) is 5.73 Å². The number of benzene rings is 1. The zero-order valence-corrected chi connectivity index (χ0v) is 8.85. The van der Waals surface area contributed by atoms with Gasteiger partial charge in [-0.3, -0.25) is 0 Å². The summed E-state index contributed by atoms with van der Waals surface area (Å²) in [5.74, 6) is 0.284. The van der Waals surface area contributed by atoms with Crippen LogP contribution in [-0.2, 0) is 0 Å². The van der Waals surface area contributed by atoms with E-state index in [4.69, 9.17) is 10.8 Å². The summed E-state index contributed by atoms with van der Waals surface area (Å²) in [6.07, 6.45) is 0. The average Bonchev–Trinajstić information content (AvgIpc) is 2.14. The maximum atomic E-state index is 13.4. The van der Waals surface area contributed by atoms with E-state index < -0.39 is 0 Å². The fraction of sp³-hybridized carbons (Fsp3) is 0.400. The van der Waals surface area contributed by atoms with Crippen LogP contribution in [0.4, 0.5) is 4.39 Å². The summed E-state index contributed by atoms with van der Waals surface area (Å²) in [7, 11) is 0. The largest absolute Gasteiger partial charge is 0.396 e. The van der Waals surface area contributed by atoms with E-state index in [-0.39, 0.29) is 18.5 Å². The third kappa shape index (κ3) is 2.70. The summed E-state index contributed by atoms with van der Waals surface area (Å²) in [6, 6.07) is 4.56. The number of aliphatic hydroxyl groups is 1. The van der Waals surface area contributed by atoms with E-state index >= 15 is 0 Å². The molecule has 0 unspecified atom stereocenters. The van der Waals surface area contributed by atoms with E-state index in [0.29, 0.717) is 11.3 Å². The quantitative estimate of drug-likeness (QED) is 0.754. The molecule has 0 radical (unpaired) electrons. The Balaban J connectivity index is 2.96. The van der Waals surface area contributed by atoms with Crippen LogP contribution in [0, 0.1) is 5.82 Å². The highest BCUT2D eigenvalue weighted by atomic mass is 32.2. The first-order chi connectivity index (χ1) is 6.66. The van der Waals surface area contributed by atoms with Crippen molar-refractivity contribution in [3.63, 3.8) is 0 Å². The van der Waals surface area contributed by atoms with Crippen molar-refractivity contribution in [1.29, 1.82) is 0 Å². The normalized spacial score (nSPS) is 12.9. The highest BCUT2D eigenvalue weighted by molar-refractivity contribution is 7.99. The standard InChI is InChI=1S/C10H14FNOS/c1-7(12)10-8(11)3-2-4-9(10)14-6-5-13/h2-4,7,13H,5-6,12H2,1H3/t7-/m1/s1. The van der Waals surface area contributed by atoms with Crippen molar-refractivity contribution in [2.75, 3.05) is 12.4 Å². The van der Waals surface area contributed by atoms with Crippen LogP contribution in [0.15, 0.2) is 23.1 Å². The molecule has 0 aromatic heterocycles. The van der Waals surface area contributed by atoms with Crippen LogP contribution in [-0.4, -0.2) is 17.5 Å². The topological polar surface area (TPSA) is 46.2 Å². The van der Waals surface area contributed by atoms with Gasteiger partial charge in [-0.15, -0.1) is 11.8 Å². The van der Waals surface area contributed by atoms with Crippen LogP contribution < -0.4 is 5.73 Å². The van der Waals surface area contributed by atoms with E-state index in [0.717, 1.165) is 4.90 Å². The van der Waals surface area contributed by atoms with Crippen LogP contribution >= 0.6 is 11.8 Å². The summed E-state index contributed by atoms with van der Waals surface area (Å²) in [4.78, 5) is 0.814. The highest BCUT2D eigenvalue weighted by Gasteiger charge is 2.12. The molecule has 1 atom stereocenters. The van der Waals surface area contributed by atoms with Gasteiger partial charge >= 0.3 is 0 Å². The lowest BCUT2D eigenvalue weighted by atomic mass is 10.1. The van der Waals surface area contributed by atoms with Crippen LogP contribution in [0.2, 0.25) is 0 Å². The van der Waals surface area contributed by atoms with Crippen molar-refractivity contribution in [3.05, 3.63) is 29.6 Å². The van der Waals surface area contributed by atoms with Gasteiger partial charge in [-0.25, -0.2) is 4.39 Å². The van der Waals surface area contributed by atoms with E-state index in [9.17, 15) is 4.39 Å². The maximum Gasteiger partial charge on any atom is 0.129 e. The first-order valence-electron chi connectivity index (χ1n) is 4.44. The monoisotopic (exact) mass is 215 g/mol. The molecular formula is C10H14FNOS. The second kappa shape index (κ2) is 5.34. The predicted molar refractivity (Wildman–Crippen MR) is 56.8 cm³/mol. The molecule has 1 aromatic rings. The molecule has 0 aliphatic rings. The maximum absolute atomic E-state index is 13.4. The predicted octanol–water partition coefficient (Wildman–Crippen LogP) is 1.93. The van der Waals surface area contributed by atoms with Gasteiger partial charge in [0.1, 0.15) is 5.82 Å². The zero-order chi connectivity index (χ0) is 10.6. The summed E-state index contributed by atoms with van der Waals surface area (Å²) in [6.45, 7) is 1.83. The Hall–Kier alpha value is -0.580. The molecule has 0 aliphatic heterocycles. The molecule has 3 N–H and O–H groups in total. The number of hydrogen-bond donors (Lipinski definition) is 2. The summed E-state index contributed by atoms with van der Waals surface area (Å²) < 4.78 is 13.4. The van der Waals surface area contributed by atoms with E-state index in [1.807, 2.05) is 6.07 Å². The number of hydrogen-bond acceptors (Lipinski definition) is 3. The molecule has 0 aliphatic carbocycles. The second-order valence-corrected chi connectivity index (χ2v) is 4.15. The van der Waals surface area contributed by atoms with Gasteiger partial charge in [0.25, 0.3) is 0 Å². The molecule has 0 saturated heterocycles. The fourth-order valence-electron chi connectivity index (χ4n) is 1.24. The first-order valence-corrected chi connectivity index (χ1v) is 5.43. The Morgan fingerprint density at radius 1 is 1.57 bits per heavy atom. The van der Waals surface area contributed by atoms with Gasteiger partial charge in [0.15, 0.2) is 0 Å². The summed E-state index contributed by atoms with van der Waals surface area (Å²) in [5, 5.41) is 8.68. The van der Waals surface area contributed by atoms with Crippen molar-refractivity contribution < 1.29 is 9.50 Å². The van der Waals surface area contributed by atoms with Crippen molar-refractivity contribution in [2.45, 2.75) is 17.9 Å². The molecule has 78 valence electrons. The van der Waals surface area contributed by atoms with Gasteiger partial charge in [0, 0.05) is 22.3 Å². The minimum Gasteiger partial charge on any atom is -0.396 e. The number of nitrogens with two attached hydrogens (primary N) is 1. The van der Waals surface area contributed by atoms with Gasteiger partial charge in [0.2, 0.25) is 0 Å². The molecule has 4 heteroatoms. The molecule has 0 saturated carbocycles. The molecule has 14 heavy (non-hydrogen) atoms. The highest BCUT2D eigenvalue weighted by Crippen LogP contribution is 2.28. The molecular weight excluding hydrogens is 201 g/mol. The number of halogens is 1. The molecule has 0 amide bonds. The van der Waals surface area contributed by atoms with Gasteiger partial charge in [-0.1, -0.05) is 6.07 Å². The van der Waals surface area contributed by atoms with E-state index in [1.54, 1.807) is 13.0 Å². The fourth-order valence-corrected chi connectivity index (χ4v) is 2.17. The summed E-state index contributed by atoms with van der Waals surface area (Å²) in [5.41, 5.74) is 6.20. The van der Waals surface area contributed by atoms with Gasteiger partial charge in [0.05, 0.1) is 6.61 Å². The molecule has 0 fully saturated rings. The summed E-state index contributed by atoms with van der Waals surface area (Å²) >= 11 is 1.42. The van der Waals surface area contributed by atoms with Crippen LogP contribution in [0.5, 0.6) is 0 Å². The zero-order valence-electron chi connectivity index (χ0n) is 8.03. The smallest absolute Gasteiger partial charge is 0.129 e. The molecule has 2 nitrogen and oxygen atoms in total. The van der Waals surface area contributed by atoms with Gasteiger partial charge in [-0.2, -0.15) is 0 Å². The Morgan fingerprint density at radius 3 is 2.86 bits per heavy atom. The molecule has 0 bridgehead atoms. The van der Waals surface area contributed by atoms with Gasteiger partial charge in [-0.05, 0) is 19.1 Å². The van der Waals surface area contributed by atoms with Crippen molar-refractivity contribution in [1.82, 2.24) is 0 Å². The van der Waals surface area contributed by atoms with Gasteiger partial charge < -0.3 is 10.8 Å². The minimum atomic E-state index is -0.322. The second-order valence-electron chi connectivity index (χ2n) is 3.01. The average molecular weight is 215 g/mol. The van der Waals surface area contributed by atoms with Crippen LogP contribution in [0.1, 0.15) is 18.5 Å². The van der Waals surface area contributed by atoms with E-state index in [1.165, 1.54) is 17.8 Å². The van der Waals surface area contributed by atoms with Crippen molar-refractivity contribution in [3.8, 4) is 0 Å². The van der Waals surface area contributed by atoms with E-state index in [2.05, 4.69) is 0 Å². The minimum absolute atomic E-state index is 0.0829. The number of rotatable bonds is 4. The Labute approximate surface area is 87.3 Å². The van der Waals surface area contributed by atoms with Crippen LogP contribution in [0.3, 0.4) is 0 Å². The Morgan fingerprint density at radius 2 is 2.29 bits per heavy atom. The molecule has 1 aromatic carbocycles. The Bertz CT molecular complexity index is 304. The third-order valence-electron chi connectivity index (χ3n) is 1.82. The SMILES string of the molecule is C[C@@H](N)c1c(F)cccc1SCCO. The van der Waals surface area contributed by atoms with Crippen molar-refractivity contribution >= 4 is 11.8 Å². The Kier molecular flexibility index (Phi) is 4.38. The van der Waals surface area contributed by atoms with Crippen LogP contribution in [0.25, 0.3) is 0 Å². The third-order valence-corrected chi connectivity index (χ3v) is 2.87. The molecule has 0 spiro atoms. The number of thioether (sulfide) groups is 1. The lowest BCUT2D eigenvalue weighted by molar-refractivity contribution is 0.322. The lowest BCUT2D eigenvalue weighted by Crippen LogP contribution is -2.09. The number of aliphatic hydroxyl groups excluding tert-OH is 1.